The number of aliphatic hydroxyl groups excluding tert-OH is 1. The largest absolute Gasteiger partial charge is 0.507 e. The highest BCUT2D eigenvalue weighted by Gasteiger charge is 2.48. The molecule has 1 amide bonds. The number of hydrogen-bond donors (Lipinski definition) is 1. The first-order chi connectivity index (χ1) is 19.2. The van der Waals surface area contributed by atoms with Gasteiger partial charge in [-0.15, -0.1) is 0 Å². The van der Waals surface area contributed by atoms with Crippen molar-refractivity contribution in [2.75, 3.05) is 18.1 Å². The molecule has 2 aliphatic heterocycles. The molecule has 1 saturated heterocycles. The number of esters is 1. The van der Waals surface area contributed by atoms with Crippen LogP contribution in [0.5, 0.6) is 11.5 Å². The summed E-state index contributed by atoms with van der Waals surface area (Å²) in [5.74, 6) is -1.39. The van der Waals surface area contributed by atoms with E-state index >= 15 is 0 Å². The van der Waals surface area contributed by atoms with Gasteiger partial charge in [-0.3, -0.25) is 14.5 Å². The highest BCUT2D eigenvalue weighted by atomic mass is 32.1. The van der Waals surface area contributed by atoms with Crippen molar-refractivity contribution < 1.29 is 33.7 Å². The van der Waals surface area contributed by atoms with Crippen LogP contribution in [-0.2, 0) is 20.7 Å². The minimum absolute atomic E-state index is 0.000195. The van der Waals surface area contributed by atoms with Crippen LogP contribution in [0.25, 0.3) is 5.76 Å². The summed E-state index contributed by atoms with van der Waals surface area (Å²) in [6.07, 6.45) is 2.11. The molecule has 5 rings (SSSR count). The number of hydrogen-bond acceptors (Lipinski definition) is 9. The normalized spacial score (nSPS) is 19.3. The molecule has 2 unspecified atom stereocenters. The van der Waals surface area contributed by atoms with Crippen molar-refractivity contribution >= 4 is 39.9 Å². The van der Waals surface area contributed by atoms with E-state index < -0.39 is 23.7 Å². The first kappa shape index (κ1) is 27.1. The zero-order valence-electron chi connectivity index (χ0n) is 22.3. The molecule has 3 aromatic rings. The van der Waals surface area contributed by atoms with Crippen LogP contribution in [0.2, 0.25) is 0 Å². The Bertz CT molecular complexity index is 1560. The van der Waals surface area contributed by atoms with Gasteiger partial charge in [0.15, 0.2) is 5.13 Å². The molecule has 0 bridgehead atoms. The van der Waals surface area contributed by atoms with Crippen molar-refractivity contribution in [1.82, 2.24) is 4.98 Å². The van der Waals surface area contributed by atoms with E-state index in [2.05, 4.69) is 11.6 Å². The average molecular weight is 561 g/mol. The van der Waals surface area contributed by atoms with E-state index in [1.807, 2.05) is 13.8 Å². The SMILES string of the molecule is C=CCOC(=O)c1sc(N2C(=O)C(=O)C(=C(O)c3ccc4c(c3)CC(C)O4)C2c2cccc(OCC)c2)nc1C. The van der Waals surface area contributed by atoms with Gasteiger partial charge in [0.25, 0.3) is 5.78 Å². The Hall–Kier alpha value is -4.44. The van der Waals surface area contributed by atoms with E-state index in [4.69, 9.17) is 14.2 Å². The van der Waals surface area contributed by atoms with Crippen LogP contribution < -0.4 is 14.4 Å². The van der Waals surface area contributed by atoms with Crippen molar-refractivity contribution in [3.63, 3.8) is 0 Å². The molecule has 40 heavy (non-hydrogen) atoms. The predicted octanol–water partition coefficient (Wildman–Crippen LogP) is 5.14. The Morgan fingerprint density at radius 2 is 2.08 bits per heavy atom. The quantitative estimate of drug-likeness (QED) is 0.132. The fourth-order valence-electron chi connectivity index (χ4n) is 4.89. The zero-order valence-corrected chi connectivity index (χ0v) is 23.1. The number of amides is 1. The minimum atomic E-state index is -1.02. The zero-order chi connectivity index (χ0) is 28.6. The van der Waals surface area contributed by atoms with E-state index in [1.54, 1.807) is 49.4 Å². The van der Waals surface area contributed by atoms with Crippen molar-refractivity contribution in [3.8, 4) is 11.5 Å². The second-order valence-corrected chi connectivity index (χ2v) is 10.4. The molecule has 206 valence electrons. The second-order valence-electron chi connectivity index (χ2n) is 9.43. The summed E-state index contributed by atoms with van der Waals surface area (Å²) in [5, 5.41) is 11.7. The molecule has 10 heteroatoms. The van der Waals surface area contributed by atoms with Gasteiger partial charge in [0, 0.05) is 12.0 Å². The summed E-state index contributed by atoms with van der Waals surface area (Å²) in [6.45, 7) is 9.41. The van der Waals surface area contributed by atoms with Crippen molar-refractivity contribution in [1.29, 1.82) is 0 Å². The van der Waals surface area contributed by atoms with Crippen molar-refractivity contribution in [3.05, 3.63) is 88.0 Å². The van der Waals surface area contributed by atoms with Gasteiger partial charge in [-0.25, -0.2) is 9.78 Å². The maximum atomic E-state index is 13.6. The van der Waals surface area contributed by atoms with Gasteiger partial charge in [0.05, 0.1) is 23.9 Å². The number of aryl methyl sites for hydroxylation is 1. The third-order valence-corrected chi connectivity index (χ3v) is 7.74. The third-order valence-electron chi connectivity index (χ3n) is 6.61. The molecule has 0 radical (unpaired) electrons. The van der Waals surface area contributed by atoms with E-state index in [-0.39, 0.29) is 34.1 Å². The molecule has 1 aromatic heterocycles. The standard InChI is InChI=1S/C30H28N2O7S/c1-5-12-38-29(36)27-17(4)31-30(40-27)32-24(18-8-7-9-21(15-18)37-6-2)23(26(34)28(32)35)25(33)19-10-11-22-20(14-19)13-16(3)39-22/h5,7-11,14-16,24,33H,1,6,12-13H2,2-4H3. The van der Waals surface area contributed by atoms with Crippen LogP contribution in [0.1, 0.15) is 51.9 Å². The summed E-state index contributed by atoms with van der Waals surface area (Å²) in [4.78, 5) is 45.6. The smallest absolute Gasteiger partial charge is 0.350 e. The molecule has 2 aromatic carbocycles. The fourth-order valence-corrected chi connectivity index (χ4v) is 5.87. The number of ketones is 1. The number of nitrogens with zero attached hydrogens (tertiary/aromatic N) is 2. The first-order valence-electron chi connectivity index (χ1n) is 12.8. The molecule has 2 aliphatic rings. The molecule has 3 heterocycles. The van der Waals surface area contributed by atoms with Crippen LogP contribution in [0.3, 0.4) is 0 Å². The minimum Gasteiger partial charge on any atom is -0.507 e. The van der Waals surface area contributed by atoms with Crippen LogP contribution in [0.4, 0.5) is 5.13 Å². The molecule has 1 N–H and O–H groups in total. The van der Waals surface area contributed by atoms with Gasteiger partial charge in [-0.2, -0.15) is 0 Å². The van der Waals surface area contributed by atoms with E-state index in [9.17, 15) is 19.5 Å². The topological polar surface area (TPSA) is 115 Å². The van der Waals surface area contributed by atoms with Crippen LogP contribution in [0.15, 0.2) is 60.7 Å². The third kappa shape index (κ3) is 4.86. The number of benzene rings is 2. The van der Waals surface area contributed by atoms with Gasteiger partial charge >= 0.3 is 11.9 Å². The Morgan fingerprint density at radius 3 is 2.83 bits per heavy atom. The number of carbonyl (C=O) groups is 3. The molecule has 0 spiro atoms. The highest BCUT2D eigenvalue weighted by Crippen LogP contribution is 2.45. The van der Waals surface area contributed by atoms with Crippen LogP contribution in [0, 0.1) is 6.92 Å². The molecule has 2 atom stereocenters. The number of fused-ring (bicyclic) bond motifs is 1. The first-order valence-corrected chi connectivity index (χ1v) is 13.6. The lowest BCUT2D eigenvalue weighted by Gasteiger charge is -2.23. The molecule has 9 nitrogen and oxygen atoms in total. The summed E-state index contributed by atoms with van der Waals surface area (Å²) in [6, 6.07) is 11.1. The van der Waals surface area contributed by atoms with Crippen LogP contribution in [-0.4, -0.2) is 47.1 Å². The van der Waals surface area contributed by atoms with Gasteiger partial charge in [-0.05, 0) is 62.2 Å². The molecule has 1 fully saturated rings. The van der Waals surface area contributed by atoms with Crippen molar-refractivity contribution in [2.45, 2.75) is 39.3 Å². The molecular weight excluding hydrogens is 532 g/mol. The number of aromatic nitrogens is 1. The van der Waals surface area contributed by atoms with Gasteiger partial charge in [-0.1, -0.05) is 36.1 Å². The number of ether oxygens (including phenoxy) is 3. The van der Waals surface area contributed by atoms with Gasteiger partial charge in [0.2, 0.25) is 0 Å². The Morgan fingerprint density at radius 1 is 1.27 bits per heavy atom. The summed E-state index contributed by atoms with van der Waals surface area (Å²) >= 11 is 0.941. The van der Waals surface area contributed by atoms with Crippen LogP contribution >= 0.6 is 11.3 Å². The Labute approximate surface area is 235 Å². The molecule has 0 saturated carbocycles. The van der Waals surface area contributed by atoms with Gasteiger partial charge < -0.3 is 19.3 Å². The molecular formula is C30H28N2O7S. The number of aliphatic hydroxyl groups is 1. The summed E-state index contributed by atoms with van der Waals surface area (Å²) < 4.78 is 16.6. The van der Waals surface area contributed by atoms with Crippen molar-refractivity contribution in [2.24, 2.45) is 0 Å². The predicted molar refractivity (Wildman–Crippen MR) is 150 cm³/mol. The maximum absolute atomic E-state index is 13.6. The van der Waals surface area contributed by atoms with E-state index in [1.165, 1.54) is 11.0 Å². The fraction of sp³-hybridized carbons (Fsp3) is 0.267. The lowest BCUT2D eigenvalue weighted by molar-refractivity contribution is -0.132. The highest BCUT2D eigenvalue weighted by molar-refractivity contribution is 7.17. The van der Waals surface area contributed by atoms with Gasteiger partial charge in [0.1, 0.15) is 34.8 Å². The maximum Gasteiger partial charge on any atom is 0.350 e. The summed E-state index contributed by atoms with van der Waals surface area (Å²) in [7, 11) is 0. The van der Waals surface area contributed by atoms with E-state index in [0.29, 0.717) is 35.6 Å². The average Bonchev–Trinajstić information content (AvgIpc) is 3.59. The lowest BCUT2D eigenvalue weighted by Crippen LogP contribution is -2.29. The number of anilines is 1. The lowest BCUT2D eigenvalue weighted by atomic mass is 9.94. The number of thiazole rings is 1. The number of rotatable bonds is 8. The summed E-state index contributed by atoms with van der Waals surface area (Å²) in [5.41, 5.74) is 2.09. The number of Topliss-reactive ketones (excluding diaryl/α,β-unsaturated/α-hetero) is 1. The second kappa shape index (κ2) is 11.0. The Balaban J connectivity index is 1.65. The number of carbonyl (C=O) groups excluding carboxylic acids is 3. The monoisotopic (exact) mass is 560 g/mol. The molecule has 0 aliphatic carbocycles. The Kier molecular flexibility index (Phi) is 7.44. The van der Waals surface area contributed by atoms with E-state index in [0.717, 1.165) is 22.6 Å².